The first-order chi connectivity index (χ1) is 9.31. The summed E-state index contributed by atoms with van der Waals surface area (Å²) in [6.45, 7) is 5.49. The van der Waals surface area contributed by atoms with Crippen molar-refractivity contribution in [2.45, 2.75) is 25.3 Å². The zero-order valence-corrected chi connectivity index (χ0v) is 14.4. The van der Waals surface area contributed by atoms with Crippen molar-refractivity contribution in [1.82, 2.24) is 9.62 Å². The van der Waals surface area contributed by atoms with Gasteiger partial charge in [-0.05, 0) is 53.6 Å². The van der Waals surface area contributed by atoms with Crippen LogP contribution in [0.2, 0.25) is 0 Å². The molecule has 0 aliphatic rings. The molecule has 0 aromatic heterocycles. The Kier molecular flexibility index (Phi) is 6.60. The number of benzene rings is 1. The van der Waals surface area contributed by atoms with Crippen LogP contribution in [0.5, 0.6) is 0 Å². The molecule has 0 aliphatic heterocycles. The molecule has 0 fully saturated rings. The van der Waals surface area contributed by atoms with Crippen molar-refractivity contribution >= 4 is 26.0 Å². The number of nitrogens with one attached hydrogen (secondary N) is 1. The van der Waals surface area contributed by atoms with Crippen molar-refractivity contribution in [1.29, 1.82) is 0 Å². The second-order valence-corrected chi connectivity index (χ2v) is 7.20. The van der Waals surface area contributed by atoms with Crippen LogP contribution in [-0.4, -0.2) is 45.1 Å². The molecule has 0 aliphatic carbocycles. The van der Waals surface area contributed by atoms with Crippen LogP contribution in [0.1, 0.15) is 18.1 Å². The van der Waals surface area contributed by atoms with Gasteiger partial charge in [-0.1, -0.05) is 13.0 Å². The Balaban J connectivity index is 2.95. The molecule has 7 heteroatoms. The van der Waals surface area contributed by atoms with E-state index in [-0.39, 0.29) is 11.5 Å². The van der Waals surface area contributed by atoms with Gasteiger partial charge < -0.3 is 10.0 Å². The van der Waals surface area contributed by atoms with E-state index in [0.29, 0.717) is 23.1 Å². The number of aryl methyl sites for hydroxylation is 1. The van der Waals surface area contributed by atoms with Gasteiger partial charge in [-0.25, -0.2) is 13.1 Å². The molecule has 0 atom stereocenters. The third kappa shape index (κ3) is 4.53. The smallest absolute Gasteiger partial charge is 0.241 e. The highest BCUT2D eigenvalue weighted by Gasteiger charge is 2.19. The van der Waals surface area contributed by atoms with Gasteiger partial charge in [0.25, 0.3) is 0 Å². The van der Waals surface area contributed by atoms with Crippen LogP contribution in [0, 0.1) is 6.92 Å². The van der Waals surface area contributed by atoms with Crippen LogP contribution in [0.15, 0.2) is 21.5 Å². The Bertz CT molecular complexity index is 561. The van der Waals surface area contributed by atoms with E-state index in [9.17, 15) is 13.5 Å². The second-order valence-electron chi connectivity index (χ2n) is 4.68. The maximum atomic E-state index is 12.3. The number of nitrogens with zero attached hydrogens (tertiary/aromatic N) is 1. The van der Waals surface area contributed by atoms with Gasteiger partial charge in [0.2, 0.25) is 10.0 Å². The third-order valence-electron chi connectivity index (χ3n) is 3.08. The minimum absolute atomic E-state index is 0.167. The normalized spacial score (nSPS) is 12.1. The first kappa shape index (κ1) is 17.6. The number of sulfonamides is 1. The van der Waals surface area contributed by atoms with E-state index >= 15 is 0 Å². The molecule has 0 saturated carbocycles. The summed E-state index contributed by atoms with van der Waals surface area (Å²) < 4.78 is 27.7. The predicted molar refractivity (Wildman–Crippen MR) is 83.2 cm³/mol. The lowest BCUT2D eigenvalue weighted by molar-refractivity contribution is 0.281. The van der Waals surface area contributed by atoms with Crippen LogP contribution in [0.4, 0.5) is 0 Å². The van der Waals surface area contributed by atoms with E-state index in [1.165, 1.54) is 6.07 Å². The summed E-state index contributed by atoms with van der Waals surface area (Å²) in [7, 11) is -1.65. The van der Waals surface area contributed by atoms with Gasteiger partial charge in [0.1, 0.15) is 0 Å². The third-order valence-corrected chi connectivity index (χ3v) is 5.88. The van der Waals surface area contributed by atoms with Gasteiger partial charge in [0.05, 0.1) is 11.5 Å². The average molecular weight is 365 g/mol. The van der Waals surface area contributed by atoms with Gasteiger partial charge in [-0.2, -0.15) is 0 Å². The van der Waals surface area contributed by atoms with Crippen molar-refractivity contribution in [3.8, 4) is 0 Å². The number of hydrogen-bond acceptors (Lipinski definition) is 4. The average Bonchev–Trinajstić information content (AvgIpc) is 2.40. The first-order valence-electron chi connectivity index (χ1n) is 6.40. The summed E-state index contributed by atoms with van der Waals surface area (Å²) in [6, 6.07) is 3.25. The lowest BCUT2D eigenvalue weighted by Gasteiger charge is -2.15. The van der Waals surface area contributed by atoms with Gasteiger partial charge >= 0.3 is 0 Å². The fourth-order valence-electron chi connectivity index (χ4n) is 1.70. The molecule has 1 aromatic rings. The number of hydrogen-bond donors (Lipinski definition) is 2. The van der Waals surface area contributed by atoms with Crippen LogP contribution >= 0.6 is 15.9 Å². The van der Waals surface area contributed by atoms with E-state index in [4.69, 9.17) is 0 Å². The number of halogens is 1. The summed E-state index contributed by atoms with van der Waals surface area (Å²) in [6.07, 6.45) is 0. The van der Waals surface area contributed by atoms with E-state index in [1.807, 2.05) is 18.9 Å². The fraction of sp³-hybridized carbons (Fsp3) is 0.538. The second kappa shape index (κ2) is 7.51. The van der Waals surface area contributed by atoms with Crippen molar-refractivity contribution in [2.24, 2.45) is 0 Å². The topological polar surface area (TPSA) is 69.6 Å². The van der Waals surface area contributed by atoms with E-state index in [2.05, 4.69) is 20.7 Å². The lowest BCUT2D eigenvalue weighted by Crippen LogP contribution is -2.33. The molecule has 0 spiro atoms. The Morgan fingerprint density at radius 1 is 1.40 bits per heavy atom. The van der Waals surface area contributed by atoms with Crippen LogP contribution in [0.3, 0.4) is 0 Å². The van der Waals surface area contributed by atoms with Crippen molar-refractivity contribution in [3.05, 3.63) is 27.7 Å². The summed E-state index contributed by atoms with van der Waals surface area (Å²) in [5.74, 6) is 0. The predicted octanol–water partition coefficient (Wildman–Crippen LogP) is 1.48. The molecular formula is C13H21BrN2O3S. The van der Waals surface area contributed by atoms with Crippen molar-refractivity contribution < 1.29 is 13.5 Å². The monoisotopic (exact) mass is 364 g/mol. The minimum atomic E-state index is -3.58. The highest BCUT2D eigenvalue weighted by Crippen LogP contribution is 2.27. The molecule has 5 nitrogen and oxygen atoms in total. The summed E-state index contributed by atoms with van der Waals surface area (Å²) >= 11 is 3.30. The van der Waals surface area contributed by atoms with Crippen molar-refractivity contribution in [2.75, 3.05) is 26.7 Å². The van der Waals surface area contributed by atoms with Gasteiger partial charge in [0, 0.05) is 17.6 Å². The van der Waals surface area contributed by atoms with Crippen LogP contribution < -0.4 is 4.72 Å². The van der Waals surface area contributed by atoms with Crippen LogP contribution in [-0.2, 0) is 16.6 Å². The zero-order chi connectivity index (χ0) is 15.3. The molecule has 0 radical (unpaired) electrons. The summed E-state index contributed by atoms with van der Waals surface area (Å²) in [5, 5.41) is 9.19. The Hall–Kier alpha value is -0.470. The Morgan fingerprint density at radius 3 is 2.60 bits per heavy atom. The number of rotatable bonds is 7. The highest BCUT2D eigenvalue weighted by atomic mass is 79.9. The molecule has 1 rings (SSSR count). The van der Waals surface area contributed by atoms with Gasteiger partial charge in [0.15, 0.2) is 0 Å². The lowest BCUT2D eigenvalue weighted by atomic mass is 10.1. The van der Waals surface area contributed by atoms with Crippen LogP contribution in [0.25, 0.3) is 0 Å². The summed E-state index contributed by atoms with van der Waals surface area (Å²) in [5.41, 5.74) is 1.36. The number of aliphatic hydroxyl groups is 1. The maximum Gasteiger partial charge on any atom is 0.241 e. The summed E-state index contributed by atoms with van der Waals surface area (Å²) in [4.78, 5) is 2.19. The molecule has 0 amide bonds. The van der Waals surface area contributed by atoms with Gasteiger partial charge in [-0.15, -0.1) is 0 Å². The molecule has 0 bridgehead atoms. The molecule has 0 saturated heterocycles. The molecule has 0 unspecified atom stereocenters. The minimum Gasteiger partial charge on any atom is -0.392 e. The van der Waals surface area contributed by atoms with Gasteiger partial charge in [-0.3, -0.25) is 0 Å². The first-order valence-corrected chi connectivity index (χ1v) is 8.67. The Morgan fingerprint density at radius 2 is 2.05 bits per heavy atom. The molecule has 114 valence electrons. The quantitative estimate of drug-likeness (QED) is 0.768. The van der Waals surface area contributed by atoms with E-state index in [1.54, 1.807) is 13.0 Å². The highest BCUT2D eigenvalue weighted by molar-refractivity contribution is 9.10. The van der Waals surface area contributed by atoms with E-state index < -0.39 is 10.0 Å². The molecule has 2 N–H and O–H groups in total. The number of aliphatic hydroxyl groups excluding tert-OH is 1. The maximum absolute atomic E-state index is 12.3. The standard InChI is InChI=1S/C13H21BrN2O3S/c1-4-16(3)6-5-15-20(18,19)12-8-11(9-17)7-10(2)13(12)14/h7-8,15,17H,4-6,9H2,1-3H3. The molecule has 0 heterocycles. The molecular weight excluding hydrogens is 344 g/mol. The zero-order valence-electron chi connectivity index (χ0n) is 12.0. The van der Waals surface area contributed by atoms with Crippen molar-refractivity contribution in [3.63, 3.8) is 0 Å². The van der Waals surface area contributed by atoms with E-state index in [0.717, 1.165) is 12.1 Å². The largest absolute Gasteiger partial charge is 0.392 e. The molecule has 20 heavy (non-hydrogen) atoms. The SMILES string of the molecule is CCN(C)CCNS(=O)(=O)c1cc(CO)cc(C)c1Br. The fourth-order valence-corrected chi connectivity index (χ4v) is 3.79. The number of likely N-dealkylation sites (N-methyl/N-ethyl adjacent to an activating group) is 1. The molecule has 1 aromatic carbocycles. The Labute approximate surface area is 129 Å².